The number of rotatable bonds is 9. The van der Waals surface area contributed by atoms with Gasteiger partial charge in [0.25, 0.3) is 23.6 Å². The molecule has 4 aromatic rings. The van der Waals surface area contributed by atoms with Crippen molar-refractivity contribution < 1.29 is 101 Å². The van der Waals surface area contributed by atoms with E-state index in [-0.39, 0.29) is 23.3 Å². The van der Waals surface area contributed by atoms with Gasteiger partial charge < -0.3 is 20.9 Å². The molecular weight excluding hydrogens is 1240 g/mol. The summed E-state index contributed by atoms with van der Waals surface area (Å²) >= 11 is 0. The topological polar surface area (TPSA) is 214 Å². The molecule has 4 fully saturated rings. The molecule has 0 unspecified atom stereocenters. The van der Waals surface area contributed by atoms with Crippen molar-refractivity contribution in [3.63, 3.8) is 0 Å². The molecule has 4 amide bonds. The molecule has 0 spiro atoms. The summed E-state index contributed by atoms with van der Waals surface area (Å²) in [5, 5.41) is 0. The maximum Gasteiger partial charge on any atom is 0.411 e. The molecule has 4 saturated carbocycles. The molecule has 26 heteroatoms. The fraction of sp³-hybridized carbons (Fsp3) is 0.515. The number of esters is 4. The molecule has 4 heterocycles. The van der Waals surface area contributed by atoms with Crippen LogP contribution in [0.25, 0.3) is 0 Å². The number of cyclic esters (lactones) is 4. The molecule has 0 bridgehead atoms. The van der Waals surface area contributed by atoms with Crippen LogP contribution in [-0.4, -0.2) is 107 Å². The highest BCUT2D eigenvalue weighted by Gasteiger charge is 2.74. The molecule has 8 aliphatic rings. The Morgan fingerprint density at radius 3 is 1.00 bits per heavy atom. The van der Waals surface area contributed by atoms with Gasteiger partial charge in [0.15, 0.2) is 0 Å². The van der Waals surface area contributed by atoms with Crippen molar-refractivity contribution in [1.82, 2.24) is 9.80 Å². The van der Waals surface area contributed by atoms with Gasteiger partial charge in [0.1, 0.15) is 0 Å². The number of amides is 4. The lowest BCUT2D eigenvalue weighted by atomic mass is 9.71. The zero-order valence-electron chi connectivity index (χ0n) is 49.9. The smallest absolute Gasteiger partial charge is 0.386 e. The van der Waals surface area contributed by atoms with Crippen LogP contribution in [0.3, 0.4) is 0 Å². The Kier molecular flexibility index (Phi) is 18.4. The third kappa shape index (κ3) is 12.1. The number of imide groups is 2. The SMILES string of the molecule is CC1CCC(CC2CCC(N3C(=O)c4ccc(C(c5ccc6c(c5)C(=O)N(C)C6=O)(C(F)(F)F)C(F)(F)F)cc4C3=O)CC2)CC1.NC1CCC(CC2CCC(N)CC2)CC1.O=C1OC(=O)c2cc(C(c3ccc4c(c3)C(=O)OC4=O)(C(F)(F)F)C(F)(F)F)ccc21. The summed E-state index contributed by atoms with van der Waals surface area (Å²) in [6.45, 7) is 2.26. The first-order chi connectivity index (χ1) is 43.1. The first-order valence-corrected chi connectivity index (χ1v) is 30.7. The van der Waals surface area contributed by atoms with Crippen LogP contribution in [0.2, 0.25) is 0 Å². The third-order valence-corrected chi connectivity index (χ3v) is 20.2. The van der Waals surface area contributed by atoms with E-state index in [9.17, 15) is 91.0 Å². The van der Waals surface area contributed by atoms with E-state index in [4.69, 9.17) is 11.5 Å². The average molecular weight is 1300 g/mol. The molecule has 494 valence electrons. The molecule has 0 saturated heterocycles. The van der Waals surface area contributed by atoms with E-state index in [0.29, 0.717) is 90.2 Å². The standard InChI is InChI=1S/C34H34F6N2O4.C19H6F6O6.C13H26N2/c1-18-3-5-19(6-4-18)15-20-7-11-23(12-8-20)42-30(45)25-14-10-22(17-27(25)31(42)46)32(33(35,36)37,34(38,39)40)21-9-13-24-26(16-21)29(44)41(2)28(24)43;20-18(21,22)17(19(23,24)25,7-1-3-9-11(5-7)15(28)30-13(9)26)8-2-4-10-12(6-8)16(29)31-14(10)27;14-12-5-1-10(2-6-12)9-11-3-7-13(15)8-4-11/h9-10,13-14,16-20,23H,3-8,11-12,15H2,1-2H3;1-6H;10-13H,1-9,14-15H2. The van der Waals surface area contributed by atoms with Gasteiger partial charge in [-0.1, -0.05) is 56.9 Å². The second-order valence-electron chi connectivity index (χ2n) is 25.9. The van der Waals surface area contributed by atoms with Gasteiger partial charge in [-0.3, -0.25) is 29.0 Å². The summed E-state index contributed by atoms with van der Waals surface area (Å²) < 4.78 is 183. The highest BCUT2D eigenvalue weighted by molar-refractivity contribution is 6.22. The second kappa shape index (κ2) is 25.1. The molecule has 14 nitrogen and oxygen atoms in total. The summed E-state index contributed by atoms with van der Waals surface area (Å²) in [5.41, 5.74) is -7.22. The zero-order valence-corrected chi connectivity index (χ0v) is 49.9. The molecule has 4 N–H and O–H groups in total. The number of benzene rings is 4. The lowest BCUT2D eigenvalue weighted by Crippen LogP contribution is -2.55. The van der Waals surface area contributed by atoms with Crippen molar-refractivity contribution in [2.45, 2.75) is 176 Å². The van der Waals surface area contributed by atoms with Crippen molar-refractivity contribution >= 4 is 47.5 Å². The van der Waals surface area contributed by atoms with E-state index < -0.39 is 145 Å². The Labute approximate surface area is 520 Å². The normalized spacial score (nSPS) is 25.3. The molecule has 12 rings (SSSR count). The van der Waals surface area contributed by atoms with Crippen LogP contribution >= 0.6 is 0 Å². The number of hydrogen-bond acceptors (Lipinski definition) is 12. The van der Waals surface area contributed by atoms with Gasteiger partial charge in [0, 0.05) is 25.2 Å². The minimum absolute atomic E-state index is 0.248. The highest BCUT2D eigenvalue weighted by atomic mass is 19.4. The summed E-state index contributed by atoms with van der Waals surface area (Å²) in [4.78, 5) is 99.9. The van der Waals surface area contributed by atoms with Crippen LogP contribution in [0, 0.1) is 29.6 Å². The van der Waals surface area contributed by atoms with Crippen molar-refractivity contribution in [3.8, 4) is 0 Å². The summed E-state index contributed by atoms with van der Waals surface area (Å²) in [6.07, 6.45) is -3.50. The van der Waals surface area contributed by atoms with Gasteiger partial charge in [-0.15, -0.1) is 0 Å². The van der Waals surface area contributed by atoms with E-state index >= 15 is 0 Å². The molecule has 4 aliphatic carbocycles. The Morgan fingerprint density at radius 1 is 0.370 bits per heavy atom. The first kappa shape index (κ1) is 67.4. The van der Waals surface area contributed by atoms with E-state index in [2.05, 4.69) is 16.4 Å². The monoisotopic (exact) mass is 1300 g/mol. The second-order valence-corrected chi connectivity index (χ2v) is 25.9. The molecule has 0 aromatic heterocycles. The maximum absolute atomic E-state index is 14.9. The number of hydrogen-bond donors (Lipinski definition) is 2. The van der Waals surface area contributed by atoms with E-state index in [1.54, 1.807) is 0 Å². The molecule has 4 aromatic carbocycles. The van der Waals surface area contributed by atoms with Crippen LogP contribution in [0.4, 0.5) is 52.7 Å². The van der Waals surface area contributed by atoms with Gasteiger partial charge in [-0.2, -0.15) is 52.7 Å². The van der Waals surface area contributed by atoms with E-state index in [1.807, 2.05) is 0 Å². The lowest BCUT2D eigenvalue weighted by molar-refractivity contribution is -0.290. The number of ether oxygens (including phenoxy) is 2. The minimum Gasteiger partial charge on any atom is -0.386 e. The molecular formula is C66H66F12N4O10. The van der Waals surface area contributed by atoms with Crippen molar-refractivity contribution in [3.05, 3.63) is 140 Å². The minimum atomic E-state index is -6.02. The number of fused-ring (bicyclic) bond motifs is 4. The van der Waals surface area contributed by atoms with Gasteiger partial charge in [0.05, 0.1) is 44.5 Å². The predicted octanol–water partition coefficient (Wildman–Crippen LogP) is 13.8. The van der Waals surface area contributed by atoms with Crippen molar-refractivity contribution in [2.24, 2.45) is 41.1 Å². The average Bonchev–Trinajstić information content (AvgIpc) is 1.12. The fourth-order valence-corrected chi connectivity index (χ4v) is 15.0. The van der Waals surface area contributed by atoms with E-state index in [1.165, 1.54) is 83.5 Å². The number of alkyl halides is 12. The van der Waals surface area contributed by atoms with Crippen LogP contribution in [0.5, 0.6) is 0 Å². The van der Waals surface area contributed by atoms with E-state index in [0.717, 1.165) is 61.1 Å². The number of nitrogens with two attached hydrogens (primary N) is 2. The Balaban J connectivity index is 0.000000172. The van der Waals surface area contributed by atoms with Gasteiger partial charge in [0.2, 0.25) is 10.8 Å². The Morgan fingerprint density at radius 2 is 0.641 bits per heavy atom. The Hall–Kier alpha value is -7.48. The molecule has 4 aliphatic heterocycles. The van der Waals surface area contributed by atoms with Crippen molar-refractivity contribution in [1.29, 1.82) is 0 Å². The number of carbonyl (C=O) groups is 8. The fourth-order valence-electron chi connectivity index (χ4n) is 15.0. The number of halogens is 12. The van der Waals surface area contributed by atoms with Gasteiger partial charge >= 0.3 is 48.6 Å². The van der Waals surface area contributed by atoms with Crippen LogP contribution < -0.4 is 11.5 Å². The molecule has 0 atom stereocenters. The highest BCUT2D eigenvalue weighted by Crippen LogP contribution is 2.59. The number of nitrogens with zero attached hydrogens (tertiary/aromatic N) is 2. The molecule has 92 heavy (non-hydrogen) atoms. The summed E-state index contributed by atoms with van der Waals surface area (Å²) in [7, 11) is 1.07. The quantitative estimate of drug-likeness (QED) is 0.0693. The third-order valence-electron chi connectivity index (χ3n) is 20.2. The van der Waals surface area contributed by atoms with Crippen LogP contribution in [0.15, 0.2) is 72.8 Å². The van der Waals surface area contributed by atoms with Crippen molar-refractivity contribution in [2.75, 3.05) is 7.05 Å². The Bertz CT molecular complexity index is 3480. The first-order valence-electron chi connectivity index (χ1n) is 30.7. The molecule has 0 radical (unpaired) electrons. The number of carbonyl (C=O) groups excluding carboxylic acids is 8. The largest absolute Gasteiger partial charge is 0.411 e. The maximum atomic E-state index is 14.9. The van der Waals surface area contributed by atoms with Crippen LogP contribution in [-0.2, 0) is 20.3 Å². The van der Waals surface area contributed by atoms with Crippen LogP contribution in [0.1, 0.15) is 228 Å². The zero-order chi connectivity index (χ0) is 66.9. The predicted molar refractivity (Wildman–Crippen MR) is 304 cm³/mol. The summed E-state index contributed by atoms with van der Waals surface area (Å²) in [6, 6.07) is 6.78. The summed E-state index contributed by atoms with van der Waals surface area (Å²) in [5.74, 6) is -4.96. The lowest BCUT2D eigenvalue weighted by Gasteiger charge is -2.38. The van der Waals surface area contributed by atoms with Gasteiger partial charge in [-0.05, 0) is 190 Å². The van der Waals surface area contributed by atoms with Gasteiger partial charge in [-0.25, -0.2) is 19.2 Å².